The van der Waals surface area contributed by atoms with E-state index in [1.54, 1.807) is 13.3 Å². The monoisotopic (exact) mass is 351 g/mol. The summed E-state index contributed by atoms with van der Waals surface area (Å²) in [5, 5.41) is 14.3. The van der Waals surface area contributed by atoms with Gasteiger partial charge in [0.1, 0.15) is 18.1 Å². The molecule has 0 aliphatic rings. The van der Waals surface area contributed by atoms with Gasteiger partial charge in [-0.25, -0.2) is 0 Å². The van der Waals surface area contributed by atoms with Crippen LogP contribution in [0.25, 0.3) is 0 Å². The summed E-state index contributed by atoms with van der Waals surface area (Å²) >= 11 is 0. The van der Waals surface area contributed by atoms with Gasteiger partial charge in [0.15, 0.2) is 5.82 Å². The number of hydrogen-bond acceptors (Lipinski definition) is 7. The van der Waals surface area contributed by atoms with Gasteiger partial charge in [0.05, 0.1) is 19.9 Å². The summed E-state index contributed by atoms with van der Waals surface area (Å²) in [6.45, 7) is 1.73. The van der Waals surface area contributed by atoms with Gasteiger partial charge in [-0.05, 0) is 29.8 Å². The zero-order chi connectivity index (χ0) is 18.0. The van der Waals surface area contributed by atoms with Gasteiger partial charge in [-0.1, -0.05) is 30.3 Å². The molecule has 0 radical (unpaired) electrons. The van der Waals surface area contributed by atoms with E-state index < -0.39 is 0 Å². The van der Waals surface area contributed by atoms with Crippen molar-refractivity contribution in [1.29, 1.82) is 0 Å². The van der Waals surface area contributed by atoms with E-state index in [0.717, 1.165) is 11.5 Å². The second-order valence-electron chi connectivity index (χ2n) is 5.46. The molecule has 134 valence electrons. The van der Waals surface area contributed by atoms with Crippen LogP contribution in [0.3, 0.4) is 0 Å². The molecule has 0 spiro atoms. The second-order valence-corrected chi connectivity index (χ2v) is 5.46. The predicted octanol–water partition coefficient (Wildman–Crippen LogP) is 2.98. The molecule has 7 heteroatoms. The van der Waals surface area contributed by atoms with Crippen LogP contribution in [0.4, 0.5) is 11.8 Å². The summed E-state index contributed by atoms with van der Waals surface area (Å²) in [5.74, 6) is 2.71. The SMILES string of the molecule is COc1ccc(OCCNc2nncc(NCc3ccccc3)n2)cc1. The van der Waals surface area contributed by atoms with Gasteiger partial charge in [-0.3, -0.25) is 0 Å². The van der Waals surface area contributed by atoms with Crippen molar-refractivity contribution in [1.82, 2.24) is 15.2 Å². The third-order valence-electron chi connectivity index (χ3n) is 3.59. The molecule has 0 fully saturated rings. The molecule has 0 atom stereocenters. The fourth-order valence-corrected chi connectivity index (χ4v) is 2.26. The minimum absolute atomic E-state index is 0.460. The van der Waals surface area contributed by atoms with E-state index in [2.05, 4.69) is 37.9 Å². The summed E-state index contributed by atoms with van der Waals surface area (Å²) in [4.78, 5) is 4.39. The van der Waals surface area contributed by atoms with Crippen molar-refractivity contribution in [2.45, 2.75) is 6.54 Å². The summed E-state index contributed by atoms with van der Waals surface area (Å²) in [5.41, 5.74) is 1.17. The Morgan fingerprint density at radius 1 is 0.923 bits per heavy atom. The Morgan fingerprint density at radius 3 is 2.46 bits per heavy atom. The Morgan fingerprint density at radius 2 is 1.69 bits per heavy atom. The van der Waals surface area contributed by atoms with Gasteiger partial charge in [0.2, 0.25) is 5.95 Å². The molecule has 0 saturated heterocycles. The Hall–Kier alpha value is -3.35. The lowest BCUT2D eigenvalue weighted by Gasteiger charge is -2.09. The molecule has 0 amide bonds. The summed E-state index contributed by atoms with van der Waals surface area (Å²) in [7, 11) is 1.64. The van der Waals surface area contributed by atoms with Gasteiger partial charge in [-0.2, -0.15) is 10.1 Å². The third kappa shape index (κ3) is 5.34. The molecule has 7 nitrogen and oxygen atoms in total. The van der Waals surface area contributed by atoms with Crippen LogP contribution >= 0.6 is 0 Å². The van der Waals surface area contributed by atoms with Gasteiger partial charge in [0, 0.05) is 6.54 Å². The molecule has 0 unspecified atom stereocenters. The molecule has 0 aliphatic carbocycles. The van der Waals surface area contributed by atoms with Crippen molar-refractivity contribution in [2.24, 2.45) is 0 Å². The number of nitrogens with one attached hydrogen (secondary N) is 2. The van der Waals surface area contributed by atoms with Gasteiger partial charge in [-0.15, -0.1) is 5.10 Å². The highest BCUT2D eigenvalue weighted by atomic mass is 16.5. The first-order valence-corrected chi connectivity index (χ1v) is 8.32. The number of hydrogen-bond donors (Lipinski definition) is 2. The molecule has 2 aromatic carbocycles. The number of nitrogens with zero attached hydrogens (tertiary/aromatic N) is 3. The fraction of sp³-hybridized carbons (Fsp3) is 0.211. The molecule has 3 aromatic rings. The number of benzene rings is 2. The van der Waals surface area contributed by atoms with Crippen LogP contribution in [-0.4, -0.2) is 35.4 Å². The minimum Gasteiger partial charge on any atom is -0.497 e. The lowest BCUT2D eigenvalue weighted by molar-refractivity contribution is 0.331. The maximum absolute atomic E-state index is 5.65. The topological polar surface area (TPSA) is 81.2 Å². The van der Waals surface area contributed by atoms with Crippen LogP contribution in [0.5, 0.6) is 11.5 Å². The van der Waals surface area contributed by atoms with E-state index in [1.807, 2.05) is 42.5 Å². The average Bonchev–Trinajstić information content (AvgIpc) is 2.71. The Balaban J connectivity index is 1.43. The number of methoxy groups -OCH3 is 1. The lowest BCUT2D eigenvalue weighted by atomic mass is 10.2. The molecule has 2 N–H and O–H groups in total. The molecular weight excluding hydrogens is 330 g/mol. The molecule has 0 aliphatic heterocycles. The number of anilines is 2. The standard InChI is InChI=1S/C19H21N5O2/c1-25-16-7-9-17(10-8-16)26-12-11-20-19-23-18(14-22-24-19)21-13-15-5-3-2-4-6-15/h2-10,14H,11-13H2,1H3,(H2,20,21,23,24). The van der Waals surface area contributed by atoms with Crippen molar-refractivity contribution >= 4 is 11.8 Å². The Kier molecular flexibility index (Phi) is 6.19. The van der Waals surface area contributed by atoms with Gasteiger partial charge >= 0.3 is 0 Å². The minimum atomic E-state index is 0.460. The zero-order valence-corrected chi connectivity index (χ0v) is 14.6. The maximum atomic E-state index is 5.65. The van der Waals surface area contributed by atoms with Crippen LogP contribution < -0.4 is 20.1 Å². The van der Waals surface area contributed by atoms with Crippen molar-refractivity contribution in [3.8, 4) is 11.5 Å². The van der Waals surface area contributed by atoms with Gasteiger partial charge < -0.3 is 20.1 Å². The van der Waals surface area contributed by atoms with E-state index in [-0.39, 0.29) is 0 Å². The first-order valence-electron chi connectivity index (χ1n) is 8.32. The zero-order valence-electron chi connectivity index (χ0n) is 14.6. The van der Waals surface area contributed by atoms with E-state index in [1.165, 1.54) is 5.56 Å². The molecule has 0 bridgehead atoms. The van der Waals surface area contributed by atoms with Crippen LogP contribution in [0.2, 0.25) is 0 Å². The number of rotatable bonds is 9. The summed E-state index contributed by atoms with van der Waals surface area (Å²) in [6.07, 6.45) is 1.60. The van der Waals surface area contributed by atoms with E-state index >= 15 is 0 Å². The lowest BCUT2D eigenvalue weighted by Crippen LogP contribution is -2.14. The normalized spacial score (nSPS) is 10.2. The van der Waals surface area contributed by atoms with Crippen LogP contribution in [0, 0.1) is 0 Å². The summed E-state index contributed by atoms with van der Waals surface area (Å²) in [6, 6.07) is 17.6. The third-order valence-corrected chi connectivity index (χ3v) is 3.59. The highest BCUT2D eigenvalue weighted by molar-refractivity contribution is 5.38. The Labute approximate surface area is 152 Å². The molecule has 3 rings (SSSR count). The van der Waals surface area contributed by atoms with Gasteiger partial charge in [0.25, 0.3) is 0 Å². The summed E-state index contributed by atoms with van der Waals surface area (Å²) < 4.78 is 10.8. The van der Waals surface area contributed by atoms with Crippen LogP contribution in [0.1, 0.15) is 5.56 Å². The number of aromatic nitrogens is 3. The molecular formula is C19H21N5O2. The van der Waals surface area contributed by atoms with Crippen molar-refractivity contribution in [2.75, 3.05) is 30.9 Å². The van der Waals surface area contributed by atoms with E-state index in [0.29, 0.717) is 31.5 Å². The second kappa shape index (κ2) is 9.22. The molecule has 26 heavy (non-hydrogen) atoms. The highest BCUT2D eigenvalue weighted by Gasteiger charge is 2.01. The smallest absolute Gasteiger partial charge is 0.244 e. The Bertz CT molecular complexity index is 797. The highest BCUT2D eigenvalue weighted by Crippen LogP contribution is 2.16. The fourth-order valence-electron chi connectivity index (χ4n) is 2.26. The number of ether oxygens (including phenoxy) is 2. The molecule has 1 aromatic heterocycles. The first-order chi connectivity index (χ1) is 12.8. The van der Waals surface area contributed by atoms with Crippen LogP contribution in [-0.2, 0) is 6.54 Å². The van der Waals surface area contributed by atoms with E-state index in [4.69, 9.17) is 9.47 Å². The molecule has 0 saturated carbocycles. The maximum Gasteiger partial charge on any atom is 0.244 e. The van der Waals surface area contributed by atoms with E-state index in [9.17, 15) is 0 Å². The van der Waals surface area contributed by atoms with Crippen molar-refractivity contribution < 1.29 is 9.47 Å². The van der Waals surface area contributed by atoms with Crippen molar-refractivity contribution in [3.05, 3.63) is 66.4 Å². The largest absolute Gasteiger partial charge is 0.497 e. The van der Waals surface area contributed by atoms with Crippen molar-refractivity contribution in [3.63, 3.8) is 0 Å². The quantitative estimate of drug-likeness (QED) is 0.574. The average molecular weight is 351 g/mol. The first kappa shape index (κ1) is 17.5. The molecule has 1 heterocycles. The predicted molar refractivity (Wildman–Crippen MR) is 101 cm³/mol. The van der Waals surface area contributed by atoms with Crippen LogP contribution in [0.15, 0.2) is 60.8 Å².